The van der Waals surface area contributed by atoms with Crippen molar-refractivity contribution >= 4 is 11.8 Å². The molecule has 0 amide bonds. The Hall–Kier alpha value is -0.540. The lowest BCUT2D eigenvalue weighted by molar-refractivity contribution is 0.214. The lowest BCUT2D eigenvalue weighted by atomic mass is 9.85. The predicted molar refractivity (Wildman–Crippen MR) is 58.3 cm³/mol. The highest BCUT2D eigenvalue weighted by molar-refractivity contribution is 7.98. The first kappa shape index (κ1) is 11.5. The molecule has 0 aliphatic carbocycles. The number of aliphatic hydroxyl groups excluding tert-OH is 1. The molecule has 0 spiro atoms. The molecular weight excluding hydrogens is 199 g/mol. The highest BCUT2D eigenvalue weighted by Crippen LogP contribution is 2.28. The molecule has 0 aromatic heterocycles. The number of benzene rings is 1. The Balaban J connectivity index is 3.18. The van der Waals surface area contributed by atoms with E-state index >= 15 is 0 Å². The third kappa shape index (κ3) is 2.28. The molecule has 0 fully saturated rings. The minimum absolute atomic E-state index is 0.0538. The van der Waals surface area contributed by atoms with Gasteiger partial charge in [-0.2, -0.15) is 0 Å². The predicted octanol–water partition coefficient (Wildman–Crippen LogP) is 2.82. The maximum atomic E-state index is 13.5. The third-order valence-corrected chi connectivity index (χ3v) is 3.02. The molecule has 0 saturated carbocycles. The molecule has 0 atom stereocenters. The number of rotatable bonds is 3. The number of aliphatic hydroxyl groups is 1. The van der Waals surface area contributed by atoms with E-state index in [-0.39, 0.29) is 12.4 Å². The van der Waals surface area contributed by atoms with Gasteiger partial charge in [-0.3, -0.25) is 0 Å². The Morgan fingerprint density at radius 1 is 1.43 bits per heavy atom. The summed E-state index contributed by atoms with van der Waals surface area (Å²) in [7, 11) is 0. The van der Waals surface area contributed by atoms with Crippen LogP contribution < -0.4 is 0 Å². The van der Waals surface area contributed by atoms with Crippen molar-refractivity contribution in [2.45, 2.75) is 24.2 Å². The molecule has 14 heavy (non-hydrogen) atoms. The summed E-state index contributed by atoms with van der Waals surface area (Å²) in [6.07, 6.45) is 1.95. The molecule has 0 radical (unpaired) electrons. The van der Waals surface area contributed by atoms with E-state index in [2.05, 4.69) is 0 Å². The summed E-state index contributed by atoms with van der Waals surface area (Å²) in [6.45, 7) is 3.60. The average Bonchev–Trinajstić information content (AvgIpc) is 2.18. The fourth-order valence-corrected chi connectivity index (χ4v) is 1.67. The molecule has 0 heterocycles. The minimum atomic E-state index is -0.518. The first-order valence-corrected chi connectivity index (χ1v) is 5.68. The Morgan fingerprint density at radius 2 is 2.07 bits per heavy atom. The van der Waals surface area contributed by atoms with E-state index in [1.54, 1.807) is 23.9 Å². The summed E-state index contributed by atoms with van der Waals surface area (Å²) in [4.78, 5) is 1.02. The Labute approximate surface area is 88.3 Å². The summed E-state index contributed by atoms with van der Waals surface area (Å²) >= 11 is 1.57. The fourth-order valence-electron chi connectivity index (χ4n) is 1.24. The van der Waals surface area contributed by atoms with Gasteiger partial charge in [0.2, 0.25) is 0 Å². The van der Waals surface area contributed by atoms with Crippen LogP contribution in [0.25, 0.3) is 0 Å². The molecule has 1 nitrogen and oxygen atoms in total. The van der Waals surface area contributed by atoms with Crippen molar-refractivity contribution < 1.29 is 9.50 Å². The zero-order valence-corrected chi connectivity index (χ0v) is 9.49. The minimum Gasteiger partial charge on any atom is -0.395 e. The normalized spacial score (nSPS) is 11.8. The quantitative estimate of drug-likeness (QED) is 0.781. The Kier molecular flexibility index (Phi) is 3.56. The summed E-state index contributed by atoms with van der Waals surface area (Å²) in [6, 6.07) is 5.01. The van der Waals surface area contributed by atoms with Crippen molar-refractivity contribution in [2.24, 2.45) is 0 Å². The summed E-state index contributed by atoms with van der Waals surface area (Å²) in [5, 5.41) is 9.16. The van der Waals surface area contributed by atoms with Gasteiger partial charge in [0.25, 0.3) is 0 Å². The van der Waals surface area contributed by atoms with Crippen molar-refractivity contribution in [3.05, 3.63) is 29.6 Å². The van der Waals surface area contributed by atoms with Gasteiger partial charge in [0, 0.05) is 10.3 Å². The fraction of sp³-hybridized carbons (Fsp3) is 0.455. The SMILES string of the molecule is CSc1ccc(F)c(C(C)(C)CO)c1. The van der Waals surface area contributed by atoms with Crippen LogP contribution in [-0.2, 0) is 5.41 Å². The molecule has 0 aliphatic heterocycles. The van der Waals surface area contributed by atoms with Gasteiger partial charge in [0.05, 0.1) is 6.61 Å². The summed E-state index contributed by atoms with van der Waals surface area (Å²) < 4.78 is 13.5. The van der Waals surface area contributed by atoms with Gasteiger partial charge in [-0.1, -0.05) is 13.8 Å². The summed E-state index contributed by atoms with van der Waals surface area (Å²) in [5.74, 6) is -0.248. The second-order valence-electron chi connectivity index (χ2n) is 3.89. The lowest BCUT2D eigenvalue weighted by Crippen LogP contribution is -2.23. The van der Waals surface area contributed by atoms with Crippen LogP contribution in [0.4, 0.5) is 4.39 Å². The monoisotopic (exact) mass is 214 g/mol. The Bertz CT molecular complexity index is 323. The van der Waals surface area contributed by atoms with Gasteiger partial charge in [-0.15, -0.1) is 11.8 Å². The first-order chi connectivity index (χ1) is 6.51. The van der Waals surface area contributed by atoms with Gasteiger partial charge in [-0.05, 0) is 30.0 Å². The van der Waals surface area contributed by atoms with E-state index in [1.807, 2.05) is 20.1 Å². The van der Waals surface area contributed by atoms with Crippen molar-refractivity contribution in [3.63, 3.8) is 0 Å². The highest BCUT2D eigenvalue weighted by Gasteiger charge is 2.23. The Morgan fingerprint density at radius 3 is 2.57 bits per heavy atom. The molecule has 1 aromatic carbocycles. The van der Waals surface area contributed by atoms with Gasteiger partial charge < -0.3 is 5.11 Å². The van der Waals surface area contributed by atoms with Crippen LogP contribution in [0.2, 0.25) is 0 Å². The van der Waals surface area contributed by atoms with E-state index in [1.165, 1.54) is 6.07 Å². The van der Waals surface area contributed by atoms with Crippen LogP contribution >= 0.6 is 11.8 Å². The second kappa shape index (κ2) is 4.32. The molecule has 1 N–H and O–H groups in total. The van der Waals surface area contributed by atoms with Crippen LogP contribution in [0.1, 0.15) is 19.4 Å². The summed E-state index contributed by atoms with van der Waals surface area (Å²) in [5.41, 5.74) is 0.0578. The first-order valence-electron chi connectivity index (χ1n) is 4.46. The molecule has 1 aromatic rings. The average molecular weight is 214 g/mol. The van der Waals surface area contributed by atoms with Crippen molar-refractivity contribution in [1.82, 2.24) is 0 Å². The van der Waals surface area contributed by atoms with Crippen LogP contribution in [0.3, 0.4) is 0 Å². The molecule has 0 aliphatic rings. The number of halogens is 1. The molecular formula is C11H15FOS. The van der Waals surface area contributed by atoms with Crippen LogP contribution in [-0.4, -0.2) is 18.0 Å². The number of hydrogen-bond acceptors (Lipinski definition) is 2. The zero-order chi connectivity index (χ0) is 10.8. The van der Waals surface area contributed by atoms with E-state index in [0.29, 0.717) is 5.56 Å². The van der Waals surface area contributed by atoms with Crippen molar-refractivity contribution in [1.29, 1.82) is 0 Å². The van der Waals surface area contributed by atoms with Gasteiger partial charge >= 0.3 is 0 Å². The highest BCUT2D eigenvalue weighted by atomic mass is 32.2. The van der Waals surface area contributed by atoms with E-state index in [4.69, 9.17) is 5.11 Å². The smallest absolute Gasteiger partial charge is 0.127 e. The molecule has 0 saturated heterocycles. The van der Waals surface area contributed by atoms with Gasteiger partial charge in [0.15, 0.2) is 0 Å². The maximum Gasteiger partial charge on any atom is 0.127 e. The number of hydrogen-bond donors (Lipinski definition) is 1. The van der Waals surface area contributed by atoms with Crippen LogP contribution in [0.5, 0.6) is 0 Å². The lowest BCUT2D eigenvalue weighted by Gasteiger charge is -2.23. The number of thioether (sulfide) groups is 1. The standard InChI is InChI=1S/C11H15FOS/c1-11(2,7-13)9-6-8(14-3)4-5-10(9)12/h4-6,13H,7H2,1-3H3. The van der Waals surface area contributed by atoms with E-state index in [0.717, 1.165) is 4.90 Å². The third-order valence-electron chi connectivity index (χ3n) is 2.30. The van der Waals surface area contributed by atoms with Crippen LogP contribution in [0.15, 0.2) is 23.1 Å². The topological polar surface area (TPSA) is 20.2 Å². The van der Waals surface area contributed by atoms with E-state index < -0.39 is 5.41 Å². The van der Waals surface area contributed by atoms with E-state index in [9.17, 15) is 4.39 Å². The van der Waals surface area contributed by atoms with Crippen molar-refractivity contribution in [3.8, 4) is 0 Å². The zero-order valence-electron chi connectivity index (χ0n) is 8.67. The van der Waals surface area contributed by atoms with Crippen molar-refractivity contribution in [2.75, 3.05) is 12.9 Å². The molecule has 0 unspecified atom stereocenters. The molecule has 0 bridgehead atoms. The molecule has 1 rings (SSSR count). The largest absolute Gasteiger partial charge is 0.395 e. The molecule has 3 heteroatoms. The van der Waals surface area contributed by atoms with Gasteiger partial charge in [-0.25, -0.2) is 4.39 Å². The van der Waals surface area contributed by atoms with Crippen LogP contribution in [0, 0.1) is 5.82 Å². The molecule has 78 valence electrons. The maximum absolute atomic E-state index is 13.5. The van der Waals surface area contributed by atoms with Gasteiger partial charge in [0.1, 0.15) is 5.82 Å². The second-order valence-corrected chi connectivity index (χ2v) is 4.77.